The van der Waals surface area contributed by atoms with Gasteiger partial charge in [0, 0.05) is 18.4 Å². The van der Waals surface area contributed by atoms with Gasteiger partial charge < -0.3 is 15.4 Å². The van der Waals surface area contributed by atoms with Crippen LogP contribution in [0.5, 0.6) is 0 Å². The van der Waals surface area contributed by atoms with Crippen LogP contribution < -0.4 is 5.73 Å². The normalized spacial score (nSPS) is 21.5. The smallest absolute Gasteiger partial charge is 0.142 e. The summed E-state index contributed by atoms with van der Waals surface area (Å²) in [7, 11) is 0. The molecular formula is C9H14N2O2. The fraction of sp³-hybridized carbons (Fsp3) is 0.667. The van der Waals surface area contributed by atoms with Gasteiger partial charge in [0.2, 0.25) is 0 Å². The number of aromatic nitrogens is 1. The van der Waals surface area contributed by atoms with E-state index in [2.05, 4.69) is 5.16 Å². The van der Waals surface area contributed by atoms with Gasteiger partial charge in [-0.25, -0.2) is 0 Å². The molecule has 1 aliphatic rings. The second-order valence-electron chi connectivity index (χ2n) is 3.41. The lowest BCUT2D eigenvalue weighted by Gasteiger charge is -2.15. The molecular weight excluding hydrogens is 168 g/mol. The number of hydrogen-bond donors (Lipinski definition) is 2. The number of aryl methyl sites for hydroxylation is 1. The Hall–Kier alpha value is -0.870. The molecule has 0 bridgehead atoms. The number of hydrogen-bond acceptors (Lipinski definition) is 4. The first kappa shape index (κ1) is 8.72. The van der Waals surface area contributed by atoms with Crippen molar-refractivity contribution in [2.45, 2.75) is 31.8 Å². The number of aliphatic hydroxyl groups excluding tert-OH is 1. The van der Waals surface area contributed by atoms with Crippen molar-refractivity contribution < 1.29 is 9.63 Å². The Balaban J connectivity index is 2.32. The average molecular weight is 182 g/mol. The standard InChI is InChI=1S/C9H14N2O2/c10-5-4-6-9-7(12)2-1-3-8(9)13-11-6/h7,12H,1-5,10H2. The van der Waals surface area contributed by atoms with Gasteiger partial charge in [-0.05, 0) is 19.4 Å². The van der Waals surface area contributed by atoms with Crippen LogP contribution in [0.3, 0.4) is 0 Å². The minimum absolute atomic E-state index is 0.392. The fourth-order valence-corrected chi connectivity index (χ4v) is 1.85. The quantitative estimate of drug-likeness (QED) is 0.700. The molecule has 0 aromatic carbocycles. The second kappa shape index (κ2) is 3.47. The van der Waals surface area contributed by atoms with Gasteiger partial charge >= 0.3 is 0 Å². The van der Waals surface area contributed by atoms with Gasteiger partial charge in [-0.1, -0.05) is 5.16 Å². The molecule has 1 heterocycles. The molecule has 4 heteroatoms. The molecule has 1 unspecified atom stereocenters. The molecule has 1 atom stereocenters. The summed E-state index contributed by atoms with van der Waals surface area (Å²) in [6.45, 7) is 0.547. The third-order valence-corrected chi connectivity index (χ3v) is 2.47. The molecule has 0 amide bonds. The first-order valence-corrected chi connectivity index (χ1v) is 4.68. The maximum Gasteiger partial charge on any atom is 0.142 e. The number of fused-ring (bicyclic) bond motifs is 1. The van der Waals surface area contributed by atoms with E-state index in [1.54, 1.807) is 0 Å². The number of nitrogens with zero attached hydrogens (tertiary/aromatic N) is 1. The van der Waals surface area contributed by atoms with Gasteiger partial charge in [0.15, 0.2) is 0 Å². The third-order valence-electron chi connectivity index (χ3n) is 2.47. The largest absolute Gasteiger partial charge is 0.388 e. The first-order valence-electron chi connectivity index (χ1n) is 4.68. The van der Waals surface area contributed by atoms with Crippen LogP contribution in [0.2, 0.25) is 0 Å². The summed E-state index contributed by atoms with van der Waals surface area (Å²) in [5.74, 6) is 0.849. The minimum Gasteiger partial charge on any atom is -0.388 e. The van der Waals surface area contributed by atoms with Crippen LogP contribution in [0, 0.1) is 0 Å². The summed E-state index contributed by atoms with van der Waals surface area (Å²) in [5, 5.41) is 13.6. The highest BCUT2D eigenvalue weighted by Crippen LogP contribution is 2.32. The van der Waals surface area contributed by atoms with Crippen LogP contribution in [0.4, 0.5) is 0 Å². The molecule has 3 N–H and O–H groups in total. The molecule has 72 valence electrons. The monoisotopic (exact) mass is 182 g/mol. The third kappa shape index (κ3) is 1.47. The zero-order chi connectivity index (χ0) is 9.26. The van der Waals surface area contributed by atoms with E-state index in [1.165, 1.54) is 0 Å². The van der Waals surface area contributed by atoms with Crippen molar-refractivity contribution in [2.24, 2.45) is 5.73 Å². The van der Waals surface area contributed by atoms with E-state index in [9.17, 15) is 5.11 Å². The van der Waals surface area contributed by atoms with Gasteiger partial charge in [-0.3, -0.25) is 0 Å². The Morgan fingerprint density at radius 2 is 2.46 bits per heavy atom. The fourth-order valence-electron chi connectivity index (χ4n) is 1.85. The molecule has 2 rings (SSSR count). The van der Waals surface area contributed by atoms with Crippen molar-refractivity contribution in [2.75, 3.05) is 6.54 Å². The molecule has 0 aliphatic heterocycles. The van der Waals surface area contributed by atoms with Crippen molar-refractivity contribution in [3.05, 3.63) is 17.0 Å². The molecule has 4 nitrogen and oxygen atoms in total. The van der Waals surface area contributed by atoms with E-state index in [-0.39, 0.29) is 0 Å². The Morgan fingerprint density at radius 1 is 1.62 bits per heavy atom. The van der Waals surface area contributed by atoms with Gasteiger partial charge in [0.1, 0.15) is 5.76 Å². The van der Waals surface area contributed by atoms with Crippen molar-refractivity contribution >= 4 is 0 Å². The van der Waals surface area contributed by atoms with Crippen LogP contribution in [0.25, 0.3) is 0 Å². The van der Waals surface area contributed by atoms with E-state index >= 15 is 0 Å². The van der Waals surface area contributed by atoms with Crippen LogP contribution >= 0.6 is 0 Å². The highest BCUT2D eigenvalue weighted by atomic mass is 16.5. The maximum absolute atomic E-state index is 9.72. The maximum atomic E-state index is 9.72. The predicted octanol–water partition coefficient (Wildman–Crippen LogP) is 0.545. The summed E-state index contributed by atoms with van der Waals surface area (Å²) in [5.41, 5.74) is 7.17. The predicted molar refractivity (Wildman–Crippen MR) is 47.2 cm³/mol. The molecule has 1 aromatic heterocycles. The highest BCUT2D eigenvalue weighted by molar-refractivity contribution is 5.28. The lowest BCUT2D eigenvalue weighted by Crippen LogP contribution is -2.11. The molecule has 0 saturated heterocycles. The molecule has 0 saturated carbocycles. The van der Waals surface area contributed by atoms with E-state index in [4.69, 9.17) is 10.3 Å². The summed E-state index contributed by atoms with van der Waals surface area (Å²) in [4.78, 5) is 0. The Morgan fingerprint density at radius 3 is 3.23 bits per heavy atom. The topological polar surface area (TPSA) is 72.3 Å². The van der Waals surface area contributed by atoms with Crippen molar-refractivity contribution in [1.29, 1.82) is 0 Å². The number of nitrogens with two attached hydrogens (primary N) is 1. The Kier molecular flexibility index (Phi) is 2.33. The lowest BCUT2D eigenvalue weighted by molar-refractivity contribution is 0.151. The van der Waals surface area contributed by atoms with Crippen molar-refractivity contribution in [3.63, 3.8) is 0 Å². The highest BCUT2D eigenvalue weighted by Gasteiger charge is 2.25. The Labute approximate surface area is 76.7 Å². The van der Waals surface area contributed by atoms with Gasteiger partial charge in [0.05, 0.1) is 11.8 Å². The first-order chi connectivity index (χ1) is 6.33. The van der Waals surface area contributed by atoms with Gasteiger partial charge in [-0.15, -0.1) is 0 Å². The average Bonchev–Trinajstić information content (AvgIpc) is 2.51. The van der Waals surface area contributed by atoms with E-state index < -0.39 is 6.10 Å². The summed E-state index contributed by atoms with van der Waals surface area (Å²) in [6.07, 6.45) is 2.98. The summed E-state index contributed by atoms with van der Waals surface area (Å²) < 4.78 is 5.14. The van der Waals surface area contributed by atoms with Crippen LogP contribution in [-0.4, -0.2) is 16.8 Å². The summed E-state index contributed by atoms with van der Waals surface area (Å²) in [6, 6.07) is 0. The SMILES string of the molecule is NCCc1noc2c1C(O)CCC2. The summed E-state index contributed by atoms with van der Waals surface area (Å²) >= 11 is 0. The molecule has 13 heavy (non-hydrogen) atoms. The minimum atomic E-state index is -0.392. The van der Waals surface area contributed by atoms with E-state index in [0.717, 1.165) is 36.3 Å². The number of rotatable bonds is 2. The van der Waals surface area contributed by atoms with E-state index in [0.29, 0.717) is 13.0 Å². The number of aliphatic hydroxyl groups is 1. The van der Waals surface area contributed by atoms with Crippen molar-refractivity contribution in [3.8, 4) is 0 Å². The van der Waals surface area contributed by atoms with E-state index in [1.807, 2.05) is 0 Å². The second-order valence-corrected chi connectivity index (χ2v) is 3.41. The van der Waals surface area contributed by atoms with Gasteiger partial charge in [-0.2, -0.15) is 0 Å². The molecule has 0 radical (unpaired) electrons. The molecule has 0 fully saturated rings. The zero-order valence-electron chi connectivity index (χ0n) is 7.49. The lowest BCUT2D eigenvalue weighted by atomic mass is 9.93. The molecule has 1 aromatic rings. The van der Waals surface area contributed by atoms with Gasteiger partial charge in [0.25, 0.3) is 0 Å². The van der Waals surface area contributed by atoms with Crippen LogP contribution in [0.15, 0.2) is 4.52 Å². The van der Waals surface area contributed by atoms with Crippen LogP contribution in [0.1, 0.15) is 36.0 Å². The zero-order valence-corrected chi connectivity index (χ0v) is 7.49. The van der Waals surface area contributed by atoms with Crippen molar-refractivity contribution in [1.82, 2.24) is 5.16 Å². The molecule has 1 aliphatic carbocycles. The van der Waals surface area contributed by atoms with Crippen LogP contribution in [-0.2, 0) is 12.8 Å². The Bertz CT molecular complexity index is 296. The molecule has 0 spiro atoms.